The number of carbonyl (C=O) groups excluding carboxylic acids is 2. The normalized spacial score (nSPS) is 16.2. The molecule has 1 saturated heterocycles. The zero-order chi connectivity index (χ0) is 22.2. The van der Waals surface area contributed by atoms with Crippen molar-refractivity contribution in [3.8, 4) is 11.5 Å². The number of aliphatic imine (C=N–C) groups is 1. The molecule has 0 radical (unpaired) electrons. The van der Waals surface area contributed by atoms with Gasteiger partial charge >= 0.3 is 0 Å². The molecule has 31 heavy (non-hydrogen) atoms. The molecule has 0 spiro atoms. The molecule has 1 amide bonds. The van der Waals surface area contributed by atoms with Crippen LogP contribution in [0.15, 0.2) is 58.4 Å². The third-order valence-electron chi connectivity index (χ3n) is 4.24. The minimum absolute atomic E-state index is 0.0891. The Kier molecular flexibility index (Phi) is 7.72. The van der Waals surface area contributed by atoms with E-state index in [-0.39, 0.29) is 5.91 Å². The number of hydrogen-bond acceptors (Lipinski definition) is 7. The van der Waals surface area contributed by atoms with Crippen LogP contribution in [0.1, 0.15) is 25.8 Å². The lowest BCUT2D eigenvalue weighted by Crippen LogP contribution is -2.29. The maximum atomic E-state index is 12.9. The lowest BCUT2D eigenvalue weighted by molar-refractivity contribution is -0.307. The lowest BCUT2D eigenvalue weighted by Gasteiger charge is -2.14. The highest BCUT2D eigenvalue weighted by Gasteiger charge is 2.32. The number of thioether (sulfide) groups is 1. The van der Waals surface area contributed by atoms with Gasteiger partial charge in [-0.2, -0.15) is 0 Å². The standard InChI is InChI=1S/C23H24N2O5S/c1-3-13-25-22(28)20(14-16-5-9-19(10-6-16)30-15-21(26)27)31-23(25)24-17-7-11-18(12-8-17)29-4-2/h5-12,14H,3-4,13,15H2,1-2H3,(H,26,27)/p-1/b20-14-,24-23?. The van der Waals surface area contributed by atoms with Crippen LogP contribution < -0.4 is 14.6 Å². The van der Waals surface area contributed by atoms with Gasteiger partial charge < -0.3 is 19.4 Å². The quantitative estimate of drug-likeness (QED) is 0.557. The number of ether oxygens (including phenoxy) is 2. The summed E-state index contributed by atoms with van der Waals surface area (Å²) in [6.07, 6.45) is 2.60. The number of aliphatic carboxylic acids is 1. The van der Waals surface area contributed by atoms with Crippen molar-refractivity contribution < 1.29 is 24.2 Å². The number of nitrogens with zero attached hydrogens (tertiary/aromatic N) is 2. The molecule has 1 heterocycles. The molecule has 2 aromatic rings. The van der Waals surface area contributed by atoms with Gasteiger partial charge in [0.1, 0.15) is 18.1 Å². The Morgan fingerprint density at radius 1 is 1.06 bits per heavy atom. The largest absolute Gasteiger partial charge is 0.546 e. The van der Waals surface area contributed by atoms with E-state index in [9.17, 15) is 14.7 Å². The predicted octanol–water partition coefficient (Wildman–Crippen LogP) is 3.23. The first kappa shape index (κ1) is 22.4. The molecule has 0 aliphatic carbocycles. The highest BCUT2D eigenvalue weighted by Crippen LogP contribution is 2.34. The van der Waals surface area contributed by atoms with Crippen molar-refractivity contribution >= 4 is 40.6 Å². The Morgan fingerprint density at radius 2 is 1.71 bits per heavy atom. The third kappa shape index (κ3) is 6.11. The zero-order valence-corrected chi connectivity index (χ0v) is 18.2. The average Bonchev–Trinajstić information content (AvgIpc) is 3.04. The number of carboxylic acid groups (broad SMARTS) is 1. The molecule has 8 heteroatoms. The Hall–Kier alpha value is -3.26. The van der Waals surface area contributed by atoms with Crippen molar-refractivity contribution in [2.24, 2.45) is 4.99 Å². The zero-order valence-electron chi connectivity index (χ0n) is 17.4. The molecular formula is C23H23N2O5S-. The number of carboxylic acids is 1. The SMILES string of the molecule is CCCN1C(=O)/C(=C/c2ccc(OCC(=O)[O-])cc2)SC1=Nc1ccc(OCC)cc1. The molecule has 0 bridgehead atoms. The van der Waals surface area contributed by atoms with Gasteiger partial charge in [-0.3, -0.25) is 9.69 Å². The van der Waals surface area contributed by atoms with Gasteiger partial charge in [0, 0.05) is 6.54 Å². The molecule has 0 saturated carbocycles. The summed E-state index contributed by atoms with van der Waals surface area (Å²) in [5.41, 5.74) is 1.55. The molecule has 7 nitrogen and oxygen atoms in total. The lowest BCUT2D eigenvalue weighted by atomic mass is 10.2. The van der Waals surface area contributed by atoms with Crippen LogP contribution in [-0.2, 0) is 9.59 Å². The van der Waals surface area contributed by atoms with Crippen LogP contribution >= 0.6 is 11.8 Å². The first-order valence-corrected chi connectivity index (χ1v) is 10.8. The highest BCUT2D eigenvalue weighted by atomic mass is 32.2. The molecule has 0 unspecified atom stereocenters. The minimum Gasteiger partial charge on any atom is -0.546 e. The van der Waals surface area contributed by atoms with E-state index in [1.165, 1.54) is 11.8 Å². The number of benzene rings is 2. The topological polar surface area (TPSA) is 91.3 Å². The molecule has 1 aliphatic rings. The molecule has 162 valence electrons. The molecule has 2 aromatic carbocycles. The summed E-state index contributed by atoms with van der Waals surface area (Å²) in [5.74, 6) is -0.176. The molecular weight excluding hydrogens is 416 g/mol. The second kappa shape index (κ2) is 10.7. The van der Waals surface area contributed by atoms with Crippen LogP contribution in [0.2, 0.25) is 0 Å². The van der Waals surface area contributed by atoms with Crippen LogP contribution in [0.5, 0.6) is 11.5 Å². The maximum Gasteiger partial charge on any atom is 0.266 e. The first-order chi connectivity index (χ1) is 15.0. The number of amides is 1. The monoisotopic (exact) mass is 439 g/mol. The fourth-order valence-electron chi connectivity index (χ4n) is 2.86. The Balaban J connectivity index is 1.79. The Bertz CT molecular complexity index is 984. The molecule has 0 atom stereocenters. The van der Waals surface area contributed by atoms with Gasteiger partial charge in [-0.05, 0) is 73.1 Å². The van der Waals surface area contributed by atoms with E-state index in [0.717, 1.165) is 23.4 Å². The summed E-state index contributed by atoms with van der Waals surface area (Å²) in [4.78, 5) is 30.3. The van der Waals surface area contributed by atoms with Crippen molar-refractivity contribution in [2.75, 3.05) is 19.8 Å². The van der Waals surface area contributed by atoms with E-state index >= 15 is 0 Å². The third-order valence-corrected chi connectivity index (χ3v) is 5.25. The number of rotatable bonds is 9. The summed E-state index contributed by atoms with van der Waals surface area (Å²) in [6.45, 7) is 4.61. The van der Waals surface area contributed by atoms with E-state index < -0.39 is 12.6 Å². The van der Waals surface area contributed by atoms with Crippen molar-refractivity contribution in [1.29, 1.82) is 0 Å². The average molecular weight is 440 g/mol. The molecule has 1 fully saturated rings. The van der Waals surface area contributed by atoms with Crippen LogP contribution in [-0.4, -0.2) is 41.7 Å². The fraction of sp³-hybridized carbons (Fsp3) is 0.261. The van der Waals surface area contributed by atoms with Crippen molar-refractivity contribution in [3.63, 3.8) is 0 Å². The molecule has 1 aliphatic heterocycles. The van der Waals surface area contributed by atoms with E-state index in [2.05, 4.69) is 4.99 Å². The Morgan fingerprint density at radius 3 is 2.32 bits per heavy atom. The minimum atomic E-state index is -1.28. The van der Waals surface area contributed by atoms with Crippen molar-refractivity contribution in [2.45, 2.75) is 20.3 Å². The molecule has 0 aromatic heterocycles. The number of carbonyl (C=O) groups is 2. The molecule has 3 rings (SSSR count). The predicted molar refractivity (Wildman–Crippen MR) is 119 cm³/mol. The van der Waals surface area contributed by atoms with E-state index in [0.29, 0.717) is 29.0 Å². The first-order valence-electron chi connectivity index (χ1n) is 9.95. The smallest absolute Gasteiger partial charge is 0.266 e. The van der Waals surface area contributed by atoms with Crippen molar-refractivity contribution in [3.05, 3.63) is 59.0 Å². The summed E-state index contributed by atoms with van der Waals surface area (Å²) < 4.78 is 10.5. The van der Waals surface area contributed by atoms with Gasteiger partial charge in [0.05, 0.1) is 23.2 Å². The summed E-state index contributed by atoms with van der Waals surface area (Å²) in [5, 5.41) is 11.1. The second-order valence-corrected chi connectivity index (χ2v) is 7.63. The number of amidine groups is 1. The van der Waals surface area contributed by atoms with Crippen LogP contribution in [0, 0.1) is 0 Å². The van der Waals surface area contributed by atoms with Gasteiger partial charge in [0.15, 0.2) is 5.17 Å². The molecule has 0 N–H and O–H groups in total. The van der Waals surface area contributed by atoms with Gasteiger partial charge in [-0.1, -0.05) is 19.1 Å². The second-order valence-electron chi connectivity index (χ2n) is 6.62. The summed E-state index contributed by atoms with van der Waals surface area (Å²) in [6, 6.07) is 14.3. The Labute approximate surface area is 185 Å². The van der Waals surface area contributed by atoms with Gasteiger partial charge in [0.2, 0.25) is 0 Å². The fourth-order valence-corrected chi connectivity index (χ4v) is 3.88. The van der Waals surface area contributed by atoms with Crippen LogP contribution in [0.3, 0.4) is 0 Å². The van der Waals surface area contributed by atoms with Gasteiger partial charge in [-0.15, -0.1) is 0 Å². The van der Waals surface area contributed by atoms with Crippen molar-refractivity contribution in [1.82, 2.24) is 4.90 Å². The summed E-state index contributed by atoms with van der Waals surface area (Å²) in [7, 11) is 0. The maximum absolute atomic E-state index is 12.9. The summed E-state index contributed by atoms with van der Waals surface area (Å²) >= 11 is 1.33. The highest BCUT2D eigenvalue weighted by molar-refractivity contribution is 8.18. The van der Waals surface area contributed by atoms with Crippen LogP contribution in [0.25, 0.3) is 6.08 Å². The van der Waals surface area contributed by atoms with Crippen LogP contribution in [0.4, 0.5) is 5.69 Å². The van der Waals surface area contributed by atoms with E-state index in [1.54, 1.807) is 35.2 Å². The van der Waals surface area contributed by atoms with Gasteiger partial charge in [0.25, 0.3) is 5.91 Å². The van der Waals surface area contributed by atoms with Gasteiger partial charge in [-0.25, -0.2) is 4.99 Å². The van der Waals surface area contributed by atoms with E-state index in [1.807, 2.05) is 38.1 Å². The number of hydrogen-bond donors (Lipinski definition) is 0. The van der Waals surface area contributed by atoms with E-state index in [4.69, 9.17) is 9.47 Å².